The van der Waals surface area contributed by atoms with Gasteiger partial charge in [-0.3, -0.25) is 4.79 Å². The molecular formula is C19H20BrN3O2. The number of hydrogen-bond donors (Lipinski definition) is 3. The third-order valence-corrected chi connectivity index (χ3v) is 4.68. The molecule has 0 bridgehead atoms. The summed E-state index contributed by atoms with van der Waals surface area (Å²) in [5, 5.41) is 13.7. The van der Waals surface area contributed by atoms with Crippen LogP contribution in [-0.2, 0) is 0 Å². The molecule has 0 fully saturated rings. The molecule has 5 nitrogen and oxygen atoms in total. The Bertz CT molecular complexity index is 841. The SMILES string of the molecule is CC(C)[C@H](NC(=O)c1ccc(Br)cc1)C(O)c1nc2ccccc2[nH]1. The highest BCUT2D eigenvalue weighted by Gasteiger charge is 2.28. The third-order valence-electron chi connectivity index (χ3n) is 4.15. The van der Waals surface area contributed by atoms with Crippen LogP contribution in [0.3, 0.4) is 0 Å². The minimum Gasteiger partial charge on any atom is -0.383 e. The predicted octanol–water partition coefficient (Wildman–Crippen LogP) is 3.81. The highest BCUT2D eigenvalue weighted by atomic mass is 79.9. The van der Waals surface area contributed by atoms with Gasteiger partial charge >= 0.3 is 0 Å². The van der Waals surface area contributed by atoms with Crippen LogP contribution in [0.2, 0.25) is 0 Å². The van der Waals surface area contributed by atoms with Gasteiger partial charge in [0.15, 0.2) is 0 Å². The van der Waals surface area contributed by atoms with Gasteiger partial charge in [0.25, 0.3) is 5.91 Å². The smallest absolute Gasteiger partial charge is 0.251 e. The minimum atomic E-state index is -0.924. The summed E-state index contributed by atoms with van der Waals surface area (Å²) in [5.74, 6) is 0.264. The van der Waals surface area contributed by atoms with E-state index >= 15 is 0 Å². The average molecular weight is 402 g/mol. The van der Waals surface area contributed by atoms with Gasteiger partial charge in [-0.25, -0.2) is 4.98 Å². The molecule has 1 aromatic heterocycles. The maximum absolute atomic E-state index is 12.5. The van der Waals surface area contributed by atoms with E-state index in [1.165, 1.54) is 0 Å². The zero-order valence-corrected chi connectivity index (χ0v) is 15.6. The normalized spacial score (nSPS) is 13.8. The van der Waals surface area contributed by atoms with E-state index in [4.69, 9.17) is 0 Å². The number of aromatic amines is 1. The van der Waals surface area contributed by atoms with E-state index < -0.39 is 12.1 Å². The van der Waals surface area contributed by atoms with Gasteiger partial charge in [-0.05, 0) is 42.3 Å². The highest BCUT2D eigenvalue weighted by Crippen LogP contribution is 2.23. The fourth-order valence-corrected chi connectivity index (χ4v) is 2.99. The number of nitrogens with one attached hydrogen (secondary N) is 2. The number of aliphatic hydroxyl groups excluding tert-OH is 1. The molecule has 25 heavy (non-hydrogen) atoms. The fraction of sp³-hybridized carbons (Fsp3) is 0.263. The van der Waals surface area contributed by atoms with Gasteiger partial charge in [-0.1, -0.05) is 41.9 Å². The van der Waals surface area contributed by atoms with Gasteiger partial charge in [0, 0.05) is 10.0 Å². The molecule has 0 aliphatic heterocycles. The Hall–Kier alpha value is -2.18. The van der Waals surface area contributed by atoms with E-state index in [2.05, 4.69) is 31.2 Å². The quantitative estimate of drug-likeness (QED) is 0.607. The second kappa shape index (κ2) is 7.37. The summed E-state index contributed by atoms with van der Waals surface area (Å²) in [6, 6.07) is 14.2. The van der Waals surface area contributed by atoms with Crippen LogP contribution in [0.4, 0.5) is 0 Å². The van der Waals surface area contributed by atoms with Crippen molar-refractivity contribution in [2.24, 2.45) is 5.92 Å². The first-order valence-electron chi connectivity index (χ1n) is 8.15. The lowest BCUT2D eigenvalue weighted by molar-refractivity contribution is 0.0736. The van der Waals surface area contributed by atoms with Crippen LogP contribution in [-0.4, -0.2) is 27.0 Å². The lowest BCUT2D eigenvalue weighted by Gasteiger charge is -2.26. The van der Waals surface area contributed by atoms with Crippen LogP contribution >= 0.6 is 15.9 Å². The Kier molecular flexibility index (Phi) is 5.20. The van der Waals surface area contributed by atoms with Gasteiger partial charge in [-0.2, -0.15) is 0 Å². The minimum absolute atomic E-state index is 0.0302. The first-order chi connectivity index (χ1) is 12.0. The molecule has 0 saturated carbocycles. The maximum atomic E-state index is 12.5. The van der Waals surface area contributed by atoms with Gasteiger partial charge in [-0.15, -0.1) is 0 Å². The van der Waals surface area contributed by atoms with Crippen molar-refractivity contribution in [2.75, 3.05) is 0 Å². The highest BCUT2D eigenvalue weighted by molar-refractivity contribution is 9.10. The third kappa shape index (κ3) is 3.91. The molecule has 0 spiro atoms. The monoisotopic (exact) mass is 401 g/mol. The van der Waals surface area contributed by atoms with E-state index in [9.17, 15) is 9.90 Å². The van der Waals surface area contributed by atoms with E-state index in [-0.39, 0.29) is 11.8 Å². The Balaban J connectivity index is 1.82. The number of rotatable bonds is 5. The average Bonchev–Trinajstić information content (AvgIpc) is 3.03. The fourth-order valence-electron chi connectivity index (χ4n) is 2.73. The van der Waals surface area contributed by atoms with Crippen molar-refractivity contribution in [3.8, 4) is 0 Å². The summed E-state index contributed by atoms with van der Waals surface area (Å²) in [6.45, 7) is 3.91. The summed E-state index contributed by atoms with van der Waals surface area (Å²) in [7, 11) is 0. The van der Waals surface area contributed by atoms with E-state index in [1.807, 2.05) is 50.2 Å². The van der Waals surface area contributed by atoms with Crippen molar-refractivity contribution in [3.63, 3.8) is 0 Å². The number of nitrogens with zero attached hydrogens (tertiary/aromatic N) is 1. The van der Waals surface area contributed by atoms with Crippen molar-refractivity contribution in [3.05, 3.63) is 64.4 Å². The maximum Gasteiger partial charge on any atom is 0.251 e. The molecular weight excluding hydrogens is 382 g/mol. The molecule has 0 aliphatic rings. The summed E-state index contributed by atoms with van der Waals surface area (Å²) in [6.07, 6.45) is -0.924. The van der Waals surface area contributed by atoms with Crippen LogP contribution in [0.25, 0.3) is 11.0 Å². The van der Waals surface area contributed by atoms with Gasteiger partial charge in [0.2, 0.25) is 0 Å². The molecule has 3 rings (SSSR count). The number of fused-ring (bicyclic) bond motifs is 1. The molecule has 130 valence electrons. The first-order valence-corrected chi connectivity index (χ1v) is 8.94. The molecule has 1 heterocycles. The summed E-state index contributed by atoms with van der Waals surface area (Å²) >= 11 is 3.36. The van der Waals surface area contributed by atoms with Gasteiger partial charge < -0.3 is 15.4 Å². The lowest BCUT2D eigenvalue weighted by atomic mass is 9.97. The lowest BCUT2D eigenvalue weighted by Crippen LogP contribution is -2.43. The number of aliphatic hydroxyl groups is 1. The number of carbonyl (C=O) groups excluding carboxylic acids is 1. The van der Waals surface area contributed by atoms with Crippen LogP contribution in [0.1, 0.15) is 36.1 Å². The zero-order chi connectivity index (χ0) is 18.0. The largest absolute Gasteiger partial charge is 0.383 e. The number of para-hydroxylation sites is 2. The van der Waals surface area contributed by atoms with E-state index in [1.54, 1.807) is 12.1 Å². The van der Waals surface area contributed by atoms with Gasteiger partial charge in [0.1, 0.15) is 11.9 Å². The second-order valence-electron chi connectivity index (χ2n) is 6.33. The van der Waals surface area contributed by atoms with Crippen LogP contribution in [0.5, 0.6) is 0 Å². The number of hydrogen-bond acceptors (Lipinski definition) is 3. The summed E-state index contributed by atoms with van der Waals surface area (Å²) in [4.78, 5) is 20.1. The molecule has 3 aromatic rings. The Labute approximate surface area is 154 Å². The number of imidazole rings is 1. The van der Waals surface area contributed by atoms with Crippen molar-refractivity contribution in [1.82, 2.24) is 15.3 Å². The van der Waals surface area contributed by atoms with E-state index in [0.717, 1.165) is 15.5 Å². The number of benzene rings is 2. The van der Waals surface area contributed by atoms with Crippen LogP contribution in [0.15, 0.2) is 53.0 Å². The first kappa shape index (κ1) is 17.6. The van der Waals surface area contributed by atoms with E-state index in [0.29, 0.717) is 11.4 Å². The molecule has 0 saturated heterocycles. The topological polar surface area (TPSA) is 78.0 Å². The van der Waals surface area contributed by atoms with Crippen molar-refractivity contribution >= 4 is 32.9 Å². The second-order valence-corrected chi connectivity index (χ2v) is 7.25. The standard InChI is InChI=1S/C19H20BrN3O2/c1-11(2)16(23-19(25)12-7-9-13(20)10-8-12)17(24)18-21-14-5-3-4-6-15(14)22-18/h3-11,16-17,24H,1-2H3,(H,21,22)(H,23,25)/t16-,17?/m0/s1. The van der Waals surface area contributed by atoms with Crippen molar-refractivity contribution in [2.45, 2.75) is 26.0 Å². The number of aromatic nitrogens is 2. The molecule has 1 amide bonds. The summed E-state index contributed by atoms with van der Waals surface area (Å²) in [5.41, 5.74) is 2.20. The molecule has 0 aliphatic carbocycles. The number of carbonyl (C=O) groups is 1. The molecule has 3 N–H and O–H groups in total. The molecule has 6 heteroatoms. The molecule has 2 aromatic carbocycles. The van der Waals surface area contributed by atoms with Crippen LogP contribution < -0.4 is 5.32 Å². The summed E-state index contributed by atoms with van der Waals surface area (Å²) < 4.78 is 0.909. The van der Waals surface area contributed by atoms with Crippen molar-refractivity contribution in [1.29, 1.82) is 0 Å². The molecule has 0 radical (unpaired) electrons. The molecule has 1 unspecified atom stereocenters. The molecule has 2 atom stereocenters. The van der Waals surface area contributed by atoms with Crippen LogP contribution in [0, 0.1) is 5.92 Å². The number of halogens is 1. The Morgan fingerprint density at radius 1 is 1.16 bits per heavy atom. The van der Waals surface area contributed by atoms with Gasteiger partial charge in [0.05, 0.1) is 17.1 Å². The van der Waals surface area contributed by atoms with Crippen molar-refractivity contribution < 1.29 is 9.90 Å². The number of amides is 1. The predicted molar refractivity (Wildman–Crippen MR) is 101 cm³/mol. The zero-order valence-electron chi connectivity index (χ0n) is 14.0. The number of H-pyrrole nitrogens is 1. The Morgan fingerprint density at radius 2 is 1.84 bits per heavy atom. The Morgan fingerprint density at radius 3 is 2.48 bits per heavy atom.